The molecule has 105 valence electrons. The normalized spacial score (nSPS) is 10.7. The van der Waals surface area contributed by atoms with Crippen molar-refractivity contribution in [2.45, 2.75) is 0 Å². The lowest BCUT2D eigenvalue weighted by atomic mass is 10.1. The minimum absolute atomic E-state index is 0.571. The summed E-state index contributed by atoms with van der Waals surface area (Å²) in [6.07, 6.45) is 0. The number of para-hydroxylation sites is 1. The predicted octanol–water partition coefficient (Wildman–Crippen LogP) is 4.44. The van der Waals surface area contributed by atoms with Crippen molar-refractivity contribution < 1.29 is 9.31 Å². The van der Waals surface area contributed by atoms with Gasteiger partial charge in [-0.2, -0.15) is 0 Å². The molecule has 0 saturated carbocycles. The lowest BCUT2D eigenvalue weighted by Gasteiger charge is -2.07. The maximum Gasteiger partial charge on any atom is 0.659 e. The fourth-order valence-corrected chi connectivity index (χ4v) is 3.10. The fourth-order valence-electron chi connectivity index (χ4n) is 2.32. The first-order valence-electron chi connectivity index (χ1n) is 6.88. The monoisotopic (exact) mass is 304 g/mol. The standard InChI is InChI=1S/C17H11BNO2S/c1-2-8-13-12(6-1)7-5-10-15(13)20-18-21-17-19-14-9-3-4-11-16(14)22-17/h1-11H. The molecule has 0 unspecified atom stereocenters. The number of thiazole rings is 1. The topological polar surface area (TPSA) is 31.4 Å². The number of hydrogen-bond donors (Lipinski definition) is 0. The minimum Gasteiger partial charge on any atom is -0.526 e. The Hall–Kier alpha value is -2.53. The molecule has 1 aromatic heterocycles. The van der Waals surface area contributed by atoms with E-state index in [0.29, 0.717) is 5.19 Å². The first kappa shape index (κ1) is 13.2. The van der Waals surface area contributed by atoms with Gasteiger partial charge in [-0.1, -0.05) is 59.9 Å². The highest BCUT2D eigenvalue weighted by atomic mass is 32.1. The molecule has 3 nitrogen and oxygen atoms in total. The van der Waals surface area contributed by atoms with Crippen molar-refractivity contribution in [2.75, 3.05) is 0 Å². The summed E-state index contributed by atoms with van der Waals surface area (Å²) < 4.78 is 12.2. The van der Waals surface area contributed by atoms with Gasteiger partial charge in [-0.25, -0.2) is 4.98 Å². The van der Waals surface area contributed by atoms with Crippen molar-refractivity contribution in [2.24, 2.45) is 0 Å². The van der Waals surface area contributed by atoms with Crippen molar-refractivity contribution in [3.8, 4) is 10.9 Å². The molecule has 0 aliphatic heterocycles. The average molecular weight is 304 g/mol. The summed E-state index contributed by atoms with van der Waals surface area (Å²) >= 11 is 1.49. The van der Waals surface area contributed by atoms with Gasteiger partial charge in [0.2, 0.25) is 0 Å². The zero-order chi connectivity index (χ0) is 14.8. The highest BCUT2D eigenvalue weighted by Gasteiger charge is 2.08. The Morgan fingerprint density at radius 1 is 0.818 bits per heavy atom. The van der Waals surface area contributed by atoms with E-state index in [9.17, 15) is 0 Å². The van der Waals surface area contributed by atoms with Gasteiger partial charge in [-0.3, -0.25) is 0 Å². The summed E-state index contributed by atoms with van der Waals surface area (Å²) in [5, 5.41) is 2.75. The number of hydrogen-bond acceptors (Lipinski definition) is 4. The minimum atomic E-state index is 0.571. The van der Waals surface area contributed by atoms with Crippen LogP contribution in [0, 0.1) is 0 Å². The zero-order valence-corrected chi connectivity index (χ0v) is 12.4. The Balaban J connectivity index is 1.50. The summed E-state index contributed by atoms with van der Waals surface area (Å²) in [6.45, 7) is 0. The Bertz CT molecular complexity index is 900. The van der Waals surface area contributed by atoms with Crippen LogP contribution in [0.25, 0.3) is 21.0 Å². The highest BCUT2D eigenvalue weighted by molar-refractivity contribution is 7.20. The van der Waals surface area contributed by atoms with E-state index in [-0.39, 0.29) is 0 Å². The molecule has 0 saturated heterocycles. The molecule has 4 rings (SSSR count). The molecule has 1 heterocycles. The Kier molecular flexibility index (Phi) is 3.41. The average Bonchev–Trinajstić information content (AvgIpc) is 2.98. The molecule has 0 N–H and O–H groups in total. The SMILES string of the molecule is [B](Oc1nc2ccccc2s1)Oc1cccc2ccccc12. The van der Waals surface area contributed by atoms with Crippen molar-refractivity contribution in [1.82, 2.24) is 4.98 Å². The number of fused-ring (bicyclic) bond motifs is 2. The Labute approximate surface area is 132 Å². The Morgan fingerprint density at radius 2 is 1.64 bits per heavy atom. The summed E-state index contributed by atoms with van der Waals surface area (Å²) in [6, 6.07) is 21.9. The zero-order valence-electron chi connectivity index (χ0n) is 11.6. The second-order valence-electron chi connectivity index (χ2n) is 4.76. The number of nitrogens with zero attached hydrogens (tertiary/aromatic N) is 1. The number of aromatic nitrogens is 1. The van der Waals surface area contributed by atoms with Crippen LogP contribution in [0.1, 0.15) is 0 Å². The van der Waals surface area contributed by atoms with Gasteiger partial charge in [-0.05, 0) is 23.6 Å². The van der Waals surface area contributed by atoms with Crippen LogP contribution in [0.15, 0.2) is 66.7 Å². The molecule has 0 aliphatic carbocycles. The molecular formula is C17H11BNO2S. The summed E-state index contributed by atoms with van der Waals surface area (Å²) in [5.41, 5.74) is 0.932. The number of rotatable bonds is 4. The van der Waals surface area contributed by atoms with Gasteiger partial charge in [0.05, 0.1) is 10.2 Å². The predicted molar refractivity (Wildman–Crippen MR) is 90.6 cm³/mol. The first-order valence-corrected chi connectivity index (χ1v) is 7.70. The largest absolute Gasteiger partial charge is 0.659 e. The van der Waals surface area contributed by atoms with Crippen molar-refractivity contribution in [1.29, 1.82) is 0 Å². The molecule has 1 radical (unpaired) electrons. The van der Waals surface area contributed by atoms with Crippen LogP contribution in [-0.4, -0.2) is 12.7 Å². The second-order valence-corrected chi connectivity index (χ2v) is 5.75. The summed E-state index contributed by atoms with van der Waals surface area (Å²) in [4.78, 5) is 4.39. The van der Waals surface area contributed by atoms with Gasteiger partial charge in [0.25, 0.3) is 5.19 Å². The van der Waals surface area contributed by atoms with E-state index in [1.54, 1.807) is 0 Å². The van der Waals surface area contributed by atoms with Crippen molar-refractivity contribution >= 4 is 40.0 Å². The fraction of sp³-hybridized carbons (Fsp3) is 0. The van der Waals surface area contributed by atoms with Crippen LogP contribution in [0.3, 0.4) is 0 Å². The van der Waals surface area contributed by atoms with Crippen molar-refractivity contribution in [3.63, 3.8) is 0 Å². The van der Waals surface area contributed by atoms with Crippen LogP contribution >= 0.6 is 11.3 Å². The van der Waals surface area contributed by atoms with Crippen LogP contribution in [0.2, 0.25) is 0 Å². The van der Waals surface area contributed by atoms with E-state index in [1.165, 1.54) is 19.0 Å². The molecule has 0 aliphatic rings. The van der Waals surface area contributed by atoms with Crippen LogP contribution in [0.5, 0.6) is 10.9 Å². The third-order valence-corrected chi connectivity index (χ3v) is 4.28. The molecule has 0 amide bonds. The van der Waals surface area contributed by atoms with Crippen LogP contribution in [-0.2, 0) is 0 Å². The highest BCUT2D eigenvalue weighted by Crippen LogP contribution is 2.28. The summed E-state index contributed by atoms with van der Waals surface area (Å²) in [7, 11) is 1.33. The quantitative estimate of drug-likeness (QED) is 0.522. The molecule has 0 atom stereocenters. The third-order valence-electron chi connectivity index (χ3n) is 3.35. The molecular weight excluding hydrogens is 293 g/mol. The van der Waals surface area contributed by atoms with Gasteiger partial charge in [0.15, 0.2) is 0 Å². The van der Waals surface area contributed by atoms with E-state index >= 15 is 0 Å². The molecule has 0 bridgehead atoms. The van der Waals surface area contributed by atoms with Crippen molar-refractivity contribution in [3.05, 3.63) is 66.7 Å². The molecule has 3 aromatic carbocycles. The molecule has 5 heteroatoms. The molecule has 4 aromatic rings. The van der Waals surface area contributed by atoms with Crippen LogP contribution < -0.4 is 9.31 Å². The maximum atomic E-state index is 5.64. The lowest BCUT2D eigenvalue weighted by Crippen LogP contribution is -2.10. The van der Waals surface area contributed by atoms with Gasteiger partial charge in [0, 0.05) is 5.39 Å². The van der Waals surface area contributed by atoms with E-state index < -0.39 is 0 Å². The Morgan fingerprint density at radius 3 is 2.59 bits per heavy atom. The maximum absolute atomic E-state index is 5.64. The van der Waals surface area contributed by atoms with Gasteiger partial charge in [0.1, 0.15) is 5.75 Å². The summed E-state index contributed by atoms with van der Waals surface area (Å²) in [5.74, 6) is 0.763. The van der Waals surface area contributed by atoms with E-state index in [0.717, 1.165) is 26.7 Å². The second kappa shape index (κ2) is 5.69. The number of benzene rings is 3. The van der Waals surface area contributed by atoms with E-state index in [1.807, 2.05) is 54.6 Å². The molecule has 0 fully saturated rings. The smallest absolute Gasteiger partial charge is 0.526 e. The van der Waals surface area contributed by atoms with Gasteiger partial charge in [-0.15, -0.1) is 0 Å². The van der Waals surface area contributed by atoms with Gasteiger partial charge < -0.3 is 9.31 Å². The molecule has 0 spiro atoms. The molecule has 22 heavy (non-hydrogen) atoms. The van der Waals surface area contributed by atoms with E-state index in [2.05, 4.69) is 17.1 Å². The lowest BCUT2D eigenvalue weighted by molar-refractivity contribution is 0.460. The van der Waals surface area contributed by atoms with Gasteiger partial charge >= 0.3 is 7.69 Å². The van der Waals surface area contributed by atoms with Crippen LogP contribution in [0.4, 0.5) is 0 Å². The van der Waals surface area contributed by atoms with E-state index in [4.69, 9.17) is 9.31 Å². The first-order chi connectivity index (χ1) is 10.9. The third kappa shape index (κ3) is 2.51.